The molecule has 0 aliphatic rings. The summed E-state index contributed by atoms with van der Waals surface area (Å²) in [5.74, 6) is -0.449. The molecule has 0 fully saturated rings. The molecule has 0 radical (unpaired) electrons. The van der Waals surface area contributed by atoms with Crippen LogP contribution in [0.15, 0.2) is 359 Å². The van der Waals surface area contributed by atoms with Crippen LogP contribution in [-0.4, -0.2) is 121 Å². The van der Waals surface area contributed by atoms with Gasteiger partial charge < -0.3 is 54.4 Å². The Kier molecular flexibility index (Phi) is 43.6. The van der Waals surface area contributed by atoms with E-state index < -0.39 is 88.0 Å². The van der Waals surface area contributed by atoms with Crippen LogP contribution >= 0.6 is 0 Å². The van der Waals surface area contributed by atoms with Crippen molar-refractivity contribution in [1.82, 2.24) is 9.44 Å². The van der Waals surface area contributed by atoms with E-state index in [0.29, 0.717) is 83.6 Å². The molecule has 0 atom stereocenters. The fourth-order valence-corrected chi connectivity index (χ4v) is 16.7. The minimum absolute atomic E-state index is 0. The Balaban J connectivity index is 0.000000242. The second kappa shape index (κ2) is 53.1. The van der Waals surface area contributed by atoms with Crippen LogP contribution in [0.4, 0.5) is 85.3 Å². The average molecular weight is 2040 g/mol. The molecule has 15 aromatic carbocycles. The number of para-hydroxylation sites is 3. The second-order valence-corrected chi connectivity index (χ2v) is 38.4. The Hall–Kier alpha value is -12.4. The molecule has 720 valence electrons. The number of sulfonamides is 2. The fourth-order valence-electron chi connectivity index (χ4n) is 13.3. The van der Waals surface area contributed by atoms with Gasteiger partial charge in [-0.3, -0.25) is 0 Å². The number of hydrogen-bond acceptors (Lipinski definition) is 33. The molecule has 0 saturated heterocycles. The van der Waals surface area contributed by atoms with Crippen molar-refractivity contribution in [2.75, 3.05) is 65.4 Å². The van der Waals surface area contributed by atoms with Gasteiger partial charge in [-0.2, -0.15) is 40.9 Å². The summed E-state index contributed by atoms with van der Waals surface area (Å²) in [6.07, 6.45) is 0. The van der Waals surface area contributed by atoms with Gasteiger partial charge in [-0.25, -0.2) is 51.5 Å². The van der Waals surface area contributed by atoms with Crippen molar-refractivity contribution in [3.63, 3.8) is 0 Å². The van der Waals surface area contributed by atoms with Crippen LogP contribution in [0, 0.1) is 55.4 Å². The number of aryl methyl sites for hydroxylation is 8. The maximum absolute atomic E-state index is 12.1. The number of hydrogen-bond donors (Lipinski definition) is 8. The summed E-state index contributed by atoms with van der Waals surface area (Å²) in [6, 6.07) is 77.8. The molecule has 0 spiro atoms. The number of phenolic OH excluding ortho intramolecular Hbond substituents is 3. The number of rotatable bonds is 24. The van der Waals surface area contributed by atoms with E-state index in [2.05, 4.69) is 86.8 Å². The molecule has 15 aromatic rings. The Bertz CT molecular complexity index is 7500. The van der Waals surface area contributed by atoms with E-state index in [1.807, 2.05) is 195 Å². The third-order valence-electron chi connectivity index (χ3n) is 20.8. The van der Waals surface area contributed by atoms with Crippen LogP contribution in [0.25, 0.3) is 32.3 Å². The monoisotopic (exact) mass is 2040 g/mol. The van der Waals surface area contributed by atoms with Crippen LogP contribution in [0.1, 0.15) is 44.5 Å². The van der Waals surface area contributed by atoms with Gasteiger partial charge in [0.25, 0.3) is 0 Å². The second-order valence-electron chi connectivity index (χ2n) is 30.5. The summed E-state index contributed by atoms with van der Waals surface area (Å²) in [5, 5.41) is 90.8. The van der Waals surface area contributed by atoms with Crippen LogP contribution in [-0.2, 0) is 50.4 Å². The Morgan fingerprint density at radius 2 is 0.563 bits per heavy atom. The van der Waals surface area contributed by atoms with Gasteiger partial charge >= 0.3 is 88.7 Å². The zero-order valence-corrected chi connectivity index (χ0v) is 90.9. The summed E-state index contributed by atoms with van der Waals surface area (Å²) in [5.41, 5.74) is 14.6. The van der Waals surface area contributed by atoms with Gasteiger partial charge in [0.2, 0.25) is 20.0 Å². The van der Waals surface area contributed by atoms with E-state index >= 15 is 0 Å². The summed E-state index contributed by atoms with van der Waals surface area (Å²) < 4.78 is 169. The van der Waals surface area contributed by atoms with E-state index in [-0.39, 0.29) is 116 Å². The molecule has 0 heterocycles. The van der Waals surface area contributed by atoms with E-state index in [1.165, 1.54) is 76.3 Å². The first kappa shape index (κ1) is 117. The van der Waals surface area contributed by atoms with Crippen molar-refractivity contribution >= 4 is 168 Å². The minimum Gasteiger partial charge on any atom is -0.744 e. The molecular formula is C99H98N17Na3O18S5. The number of fused-ring (bicyclic) bond motifs is 3. The normalized spacial score (nSPS) is 11.5. The number of nitrogens with one attached hydrogen (secondary N) is 5. The number of nitrogens with zero attached hydrogens (tertiary/aromatic N) is 12. The molecule has 0 unspecified atom stereocenters. The zero-order chi connectivity index (χ0) is 101. The summed E-state index contributed by atoms with van der Waals surface area (Å²) in [6.45, 7) is 15.4. The van der Waals surface area contributed by atoms with Gasteiger partial charge in [0.05, 0.1) is 67.1 Å². The van der Waals surface area contributed by atoms with Crippen molar-refractivity contribution in [2.45, 2.75) is 79.9 Å². The number of azo groups is 6. The maximum Gasteiger partial charge on any atom is 1.00 e. The first-order chi connectivity index (χ1) is 66.0. The third-order valence-corrected chi connectivity index (χ3v) is 26.2. The number of ether oxygens (including phenoxy) is 2. The standard InChI is InChI=1S/C25H23N3O6S.2C25H23N3O4S.2C8H11N3O2S.C8H10N2.3Na/c1-15-11-22(34-3)20(14-21(15)33-2)27-28-24-23(35(30,31)32)13-16-12-18(9-10-19(16)25(24)29)26-17-7-5-4-6-8-17;2*1-15-11-17(3)22(12-16(15)2)27-28-24-23(33(30,31)32)14-18-13-20(9-10-21(18)25(24)29)26-19-7-5-4-6-8-19;2*1-9-11-7-3-5-8(6-4-7)14(12,13)10-2;1-7-3-5-8(6-4-7)10-9-2;;;/h4-14,26,29H,1-3H3,(H,30,31,32);2*4-14,26,29H,1-3H3,(H,30,31,32);2*3-6,10H,1-2H3;3-6H,1-2H3;;;/q;;;;;;3*+1/p-3. The van der Waals surface area contributed by atoms with Crippen LogP contribution in [0.2, 0.25) is 0 Å². The molecule has 0 aliphatic carbocycles. The molecule has 0 saturated carbocycles. The van der Waals surface area contributed by atoms with E-state index in [9.17, 15) is 71.1 Å². The number of aromatic hydroxyl groups is 3. The molecule has 35 nitrogen and oxygen atoms in total. The molecule has 15 rings (SSSR count). The number of anilines is 6. The van der Waals surface area contributed by atoms with Crippen molar-refractivity contribution in [3.8, 4) is 28.7 Å². The molecule has 43 heteroatoms. The summed E-state index contributed by atoms with van der Waals surface area (Å²) in [7, 11) is -11.1. The molecule has 0 amide bonds. The Labute approximate surface area is 890 Å². The van der Waals surface area contributed by atoms with Gasteiger partial charge in [-0.15, -0.1) is 20.5 Å². The Morgan fingerprint density at radius 3 is 0.838 bits per heavy atom. The van der Waals surface area contributed by atoms with Crippen LogP contribution in [0.5, 0.6) is 28.7 Å². The molecule has 142 heavy (non-hydrogen) atoms. The first-order valence-corrected chi connectivity index (χ1v) is 49.1. The maximum atomic E-state index is 12.1. The van der Waals surface area contributed by atoms with Gasteiger partial charge in [-0.1, -0.05) is 84.4 Å². The van der Waals surface area contributed by atoms with Crippen molar-refractivity contribution < 1.29 is 169 Å². The van der Waals surface area contributed by atoms with Gasteiger partial charge in [-0.05, 0) is 313 Å². The smallest absolute Gasteiger partial charge is 0.744 e. The van der Waals surface area contributed by atoms with Gasteiger partial charge in [0, 0.05) is 77.5 Å². The third kappa shape index (κ3) is 32.1. The molecule has 0 aliphatic heterocycles. The first-order valence-electron chi connectivity index (χ1n) is 41.9. The van der Waals surface area contributed by atoms with Gasteiger partial charge in [0.1, 0.15) is 64.6 Å². The number of benzene rings is 15. The van der Waals surface area contributed by atoms with E-state index in [0.717, 1.165) is 61.7 Å². The van der Waals surface area contributed by atoms with Crippen molar-refractivity contribution in [2.24, 2.45) is 61.4 Å². The van der Waals surface area contributed by atoms with Crippen LogP contribution < -0.4 is 124 Å². The SMILES string of the molecule is CN=Nc1ccc(C)cc1.CN=Nc1ccc(S(=O)(=O)NC)cc1.CN=Nc1ccc(S(=O)(=O)NC)cc1.COc1cc(N=Nc2c(S(=O)(=O)[O-])cc3cc(Nc4ccccc4)ccc3c2O)c(OC)cc1C.Cc1cc(C)c(N=Nc2c(S(=O)(=O)[O-])cc3cc(Nc4ccccc4)ccc3c2O)cc1C.Cc1cc(C)c(N=Nc2c(S(=O)(=O)[O-])cc3cc(Nc4ccccc4)ccc3c2O)cc1C.[Na+].[Na+].[Na+]. The quantitative estimate of drug-likeness (QED) is 0.0158. The molecule has 8 N–H and O–H groups in total. The fraction of sp³-hybridized carbons (Fsp3) is 0.152. The zero-order valence-electron chi connectivity index (χ0n) is 80.9. The predicted octanol–water partition coefficient (Wildman–Crippen LogP) is 15.3. The van der Waals surface area contributed by atoms with E-state index in [1.54, 1.807) is 112 Å². The largest absolute Gasteiger partial charge is 1.00 e. The predicted molar refractivity (Wildman–Crippen MR) is 536 cm³/mol. The molecular weight excluding hydrogens is 1940 g/mol. The average Bonchev–Trinajstić information content (AvgIpc) is 0.770. The Morgan fingerprint density at radius 1 is 0.282 bits per heavy atom. The number of methoxy groups -OCH3 is 2. The van der Waals surface area contributed by atoms with Gasteiger partial charge in [0.15, 0.2) is 17.2 Å². The van der Waals surface area contributed by atoms with Crippen molar-refractivity contribution in [3.05, 3.63) is 317 Å². The minimum atomic E-state index is -5.00. The van der Waals surface area contributed by atoms with E-state index in [4.69, 9.17) is 9.47 Å². The summed E-state index contributed by atoms with van der Waals surface area (Å²) in [4.78, 5) is -1.52. The van der Waals surface area contributed by atoms with Crippen LogP contribution in [0.3, 0.4) is 0 Å². The number of phenols is 3. The molecule has 0 aromatic heterocycles. The van der Waals surface area contributed by atoms with Crippen molar-refractivity contribution in [1.29, 1.82) is 0 Å². The molecule has 0 bridgehead atoms. The summed E-state index contributed by atoms with van der Waals surface area (Å²) >= 11 is 0. The topological polar surface area (TPSA) is 528 Å².